The van der Waals surface area contributed by atoms with Crippen molar-refractivity contribution in [2.75, 3.05) is 0 Å². The van der Waals surface area contributed by atoms with Gasteiger partial charge in [0.2, 0.25) is 0 Å². The number of unbranched alkanes of at least 4 members (excludes halogenated alkanes) is 1. The van der Waals surface area contributed by atoms with Crippen molar-refractivity contribution in [3.8, 4) is 0 Å². The Kier molecular flexibility index (Phi) is 4.64. The highest BCUT2D eigenvalue weighted by Crippen LogP contribution is 2.41. The molecular weight excluding hydrogens is 182 g/mol. The third kappa shape index (κ3) is 4.14. The van der Waals surface area contributed by atoms with Crippen LogP contribution in [-0.2, 0) is 0 Å². The maximum absolute atomic E-state index is 3.82. The van der Waals surface area contributed by atoms with Crippen LogP contribution < -0.4 is 5.32 Å². The molecule has 0 aliphatic heterocycles. The molecule has 15 heavy (non-hydrogen) atoms. The van der Waals surface area contributed by atoms with Crippen LogP contribution in [0, 0.1) is 11.3 Å². The van der Waals surface area contributed by atoms with Gasteiger partial charge in [0, 0.05) is 12.1 Å². The minimum absolute atomic E-state index is 0.557. The SMILES string of the molecule is CCCCC(C)NC1CC(C)(C)CC1C. The number of rotatable bonds is 5. The fourth-order valence-corrected chi connectivity index (χ4v) is 3.08. The van der Waals surface area contributed by atoms with Crippen molar-refractivity contribution in [2.45, 2.75) is 78.8 Å². The van der Waals surface area contributed by atoms with Gasteiger partial charge in [0.15, 0.2) is 0 Å². The van der Waals surface area contributed by atoms with E-state index in [9.17, 15) is 0 Å². The monoisotopic (exact) mass is 211 g/mol. The van der Waals surface area contributed by atoms with Gasteiger partial charge in [-0.3, -0.25) is 0 Å². The summed E-state index contributed by atoms with van der Waals surface area (Å²) in [6, 6.07) is 1.46. The molecule has 0 amide bonds. The topological polar surface area (TPSA) is 12.0 Å². The van der Waals surface area contributed by atoms with Gasteiger partial charge in [-0.05, 0) is 37.5 Å². The van der Waals surface area contributed by atoms with Crippen LogP contribution in [0.5, 0.6) is 0 Å². The van der Waals surface area contributed by atoms with Crippen molar-refractivity contribution < 1.29 is 0 Å². The number of hydrogen-bond acceptors (Lipinski definition) is 1. The second-order valence-electron chi connectivity index (χ2n) is 6.37. The number of nitrogens with one attached hydrogen (secondary N) is 1. The Labute approximate surface area is 96.0 Å². The molecule has 0 heterocycles. The summed E-state index contributed by atoms with van der Waals surface area (Å²) in [5.41, 5.74) is 0.557. The van der Waals surface area contributed by atoms with Crippen molar-refractivity contribution in [1.82, 2.24) is 5.32 Å². The van der Waals surface area contributed by atoms with E-state index in [1.165, 1.54) is 32.1 Å². The summed E-state index contributed by atoms with van der Waals surface area (Å²) in [6.45, 7) is 11.8. The molecule has 90 valence electrons. The van der Waals surface area contributed by atoms with Crippen LogP contribution in [0.1, 0.15) is 66.7 Å². The Balaban J connectivity index is 2.32. The summed E-state index contributed by atoms with van der Waals surface area (Å²) in [5, 5.41) is 3.82. The fourth-order valence-electron chi connectivity index (χ4n) is 3.08. The number of hydrogen-bond donors (Lipinski definition) is 1. The van der Waals surface area contributed by atoms with Crippen molar-refractivity contribution in [2.24, 2.45) is 11.3 Å². The van der Waals surface area contributed by atoms with Crippen molar-refractivity contribution >= 4 is 0 Å². The highest BCUT2D eigenvalue weighted by molar-refractivity contribution is 4.92. The molecule has 1 heteroatoms. The van der Waals surface area contributed by atoms with Gasteiger partial charge in [-0.15, -0.1) is 0 Å². The molecule has 1 rings (SSSR count). The van der Waals surface area contributed by atoms with Gasteiger partial charge in [0.1, 0.15) is 0 Å². The van der Waals surface area contributed by atoms with E-state index in [-0.39, 0.29) is 0 Å². The van der Waals surface area contributed by atoms with E-state index >= 15 is 0 Å². The predicted octanol–water partition coefficient (Wildman–Crippen LogP) is 3.98. The summed E-state index contributed by atoms with van der Waals surface area (Å²) >= 11 is 0. The van der Waals surface area contributed by atoms with E-state index in [0.717, 1.165) is 12.0 Å². The second kappa shape index (κ2) is 5.34. The zero-order valence-electron chi connectivity index (χ0n) is 11.3. The largest absolute Gasteiger partial charge is 0.311 e. The molecule has 1 aliphatic rings. The Morgan fingerprint density at radius 1 is 1.33 bits per heavy atom. The summed E-state index contributed by atoms with van der Waals surface area (Å²) in [4.78, 5) is 0. The second-order valence-corrected chi connectivity index (χ2v) is 6.37. The lowest BCUT2D eigenvalue weighted by molar-refractivity contribution is 0.348. The molecule has 0 spiro atoms. The first-order valence-corrected chi connectivity index (χ1v) is 6.70. The van der Waals surface area contributed by atoms with E-state index in [1.54, 1.807) is 0 Å². The molecule has 0 aromatic heterocycles. The van der Waals surface area contributed by atoms with E-state index in [0.29, 0.717) is 11.5 Å². The molecule has 1 nitrogen and oxygen atoms in total. The van der Waals surface area contributed by atoms with Crippen LogP contribution in [0.2, 0.25) is 0 Å². The molecule has 0 aromatic rings. The first-order valence-electron chi connectivity index (χ1n) is 6.70. The maximum atomic E-state index is 3.82. The van der Waals surface area contributed by atoms with Gasteiger partial charge in [0.05, 0.1) is 0 Å². The van der Waals surface area contributed by atoms with Gasteiger partial charge in [-0.1, -0.05) is 40.5 Å². The first kappa shape index (κ1) is 13.0. The molecule has 0 bridgehead atoms. The lowest BCUT2D eigenvalue weighted by Crippen LogP contribution is -2.38. The smallest absolute Gasteiger partial charge is 0.0100 e. The van der Waals surface area contributed by atoms with Crippen LogP contribution in [0.3, 0.4) is 0 Å². The molecular formula is C14H29N. The average Bonchev–Trinajstić information content (AvgIpc) is 2.36. The van der Waals surface area contributed by atoms with E-state index in [1.807, 2.05) is 0 Å². The van der Waals surface area contributed by atoms with Crippen LogP contribution >= 0.6 is 0 Å². The quantitative estimate of drug-likeness (QED) is 0.725. The molecule has 1 fully saturated rings. The summed E-state index contributed by atoms with van der Waals surface area (Å²) in [7, 11) is 0. The highest BCUT2D eigenvalue weighted by Gasteiger charge is 2.36. The van der Waals surface area contributed by atoms with E-state index in [2.05, 4.69) is 39.9 Å². The van der Waals surface area contributed by atoms with Crippen LogP contribution in [0.25, 0.3) is 0 Å². The summed E-state index contributed by atoms with van der Waals surface area (Å²) < 4.78 is 0. The predicted molar refractivity (Wildman–Crippen MR) is 68.1 cm³/mol. The van der Waals surface area contributed by atoms with E-state index in [4.69, 9.17) is 0 Å². The zero-order valence-corrected chi connectivity index (χ0v) is 11.3. The van der Waals surface area contributed by atoms with Crippen LogP contribution in [-0.4, -0.2) is 12.1 Å². The fraction of sp³-hybridized carbons (Fsp3) is 1.00. The Morgan fingerprint density at radius 3 is 2.47 bits per heavy atom. The lowest BCUT2D eigenvalue weighted by atomic mass is 9.91. The first-order chi connectivity index (χ1) is 6.94. The Morgan fingerprint density at radius 2 is 2.00 bits per heavy atom. The third-order valence-corrected chi connectivity index (χ3v) is 3.82. The van der Waals surface area contributed by atoms with Gasteiger partial charge < -0.3 is 5.32 Å². The maximum Gasteiger partial charge on any atom is 0.0100 e. The molecule has 0 saturated heterocycles. The van der Waals surface area contributed by atoms with Gasteiger partial charge in [-0.25, -0.2) is 0 Å². The van der Waals surface area contributed by atoms with Crippen molar-refractivity contribution in [1.29, 1.82) is 0 Å². The van der Waals surface area contributed by atoms with Gasteiger partial charge in [-0.2, -0.15) is 0 Å². The standard InChI is InChI=1S/C14H29N/c1-6-7-8-12(3)15-13-10-14(4,5)9-11(13)2/h11-13,15H,6-10H2,1-5H3. The zero-order chi connectivity index (χ0) is 11.5. The lowest BCUT2D eigenvalue weighted by Gasteiger charge is -2.23. The average molecular weight is 211 g/mol. The van der Waals surface area contributed by atoms with E-state index < -0.39 is 0 Å². The third-order valence-electron chi connectivity index (χ3n) is 3.82. The van der Waals surface area contributed by atoms with Crippen molar-refractivity contribution in [3.63, 3.8) is 0 Å². The van der Waals surface area contributed by atoms with Gasteiger partial charge in [0.25, 0.3) is 0 Å². The van der Waals surface area contributed by atoms with Crippen LogP contribution in [0.15, 0.2) is 0 Å². The minimum Gasteiger partial charge on any atom is -0.311 e. The molecule has 3 unspecified atom stereocenters. The van der Waals surface area contributed by atoms with Crippen LogP contribution in [0.4, 0.5) is 0 Å². The molecule has 1 aliphatic carbocycles. The van der Waals surface area contributed by atoms with Gasteiger partial charge >= 0.3 is 0 Å². The minimum atomic E-state index is 0.557. The highest BCUT2D eigenvalue weighted by atomic mass is 15.0. The normalized spacial score (nSPS) is 31.8. The molecule has 0 aromatic carbocycles. The molecule has 1 N–H and O–H groups in total. The Hall–Kier alpha value is -0.0400. The molecule has 0 radical (unpaired) electrons. The molecule has 3 atom stereocenters. The van der Waals surface area contributed by atoms with Crippen molar-refractivity contribution in [3.05, 3.63) is 0 Å². The Bertz CT molecular complexity index is 186. The summed E-state index contributed by atoms with van der Waals surface area (Å²) in [5.74, 6) is 0.851. The summed E-state index contributed by atoms with van der Waals surface area (Å²) in [6.07, 6.45) is 6.74. The molecule has 1 saturated carbocycles.